The summed E-state index contributed by atoms with van der Waals surface area (Å²) in [5, 5.41) is 27.7. The molecule has 12 amide bonds. The third-order valence-corrected chi connectivity index (χ3v) is 19.4. The summed E-state index contributed by atoms with van der Waals surface area (Å²) >= 11 is 0. The zero-order valence-corrected chi connectivity index (χ0v) is 62.9. The van der Waals surface area contributed by atoms with Crippen LogP contribution in [0.3, 0.4) is 0 Å². The van der Waals surface area contributed by atoms with Crippen LogP contribution in [0.25, 0.3) is 0 Å². The van der Waals surface area contributed by atoms with Crippen LogP contribution in [0.15, 0.2) is 97.1 Å². The lowest BCUT2D eigenvalue weighted by Crippen LogP contribution is -2.78. The molecule has 27 heteroatoms. The van der Waals surface area contributed by atoms with E-state index in [4.69, 9.17) is 19.9 Å². The first-order valence-electron chi connectivity index (χ1n) is 36.1. The maximum atomic E-state index is 14.9. The SMILES string of the molecule is CCCCN(C(=O)C[C@@H](OC)[C@H]([C@@H](C)CC)N(C)C(=O)[C@@H](NC(=O)[C@H](C(C)C)N(C)C(=O)OCc1ccc(NC(=O)[C@H](CCCNC(N)=O)NC(=O)C(NC(=O)C2(N3C(=O)C=CC3=O)CN(CCCCc3ccccc3)C2)C(C)C)cc1)C(C)C)[C@H](OC)[C@@H](C)C(=O)N[C@H](C)[C@@H](O)c1ccccc1. The fourth-order valence-corrected chi connectivity index (χ4v) is 13.2. The molecule has 11 atom stereocenters. The van der Waals surface area contributed by atoms with Gasteiger partial charge in [0.25, 0.3) is 11.8 Å². The number of aryl methyl sites for hydroxylation is 1. The molecule has 1 saturated heterocycles. The number of imide groups is 1. The van der Waals surface area contributed by atoms with Crippen LogP contribution in [0.5, 0.6) is 0 Å². The molecule has 0 aromatic heterocycles. The van der Waals surface area contributed by atoms with Crippen LogP contribution in [-0.2, 0) is 70.4 Å². The van der Waals surface area contributed by atoms with Crippen molar-refractivity contribution >= 4 is 71.0 Å². The largest absolute Gasteiger partial charge is 0.445 e. The minimum Gasteiger partial charge on any atom is -0.445 e. The highest BCUT2D eigenvalue weighted by Crippen LogP contribution is 2.33. The molecule has 9 N–H and O–H groups in total. The highest BCUT2D eigenvalue weighted by atomic mass is 16.6. The maximum absolute atomic E-state index is 14.9. The second-order valence-electron chi connectivity index (χ2n) is 28.3. The van der Waals surface area contributed by atoms with Gasteiger partial charge in [0.1, 0.15) is 37.0 Å². The Morgan fingerprint density at radius 1 is 0.660 bits per heavy atom. The number of nitrogens with zero attached hydrogens (tertiary/aromatic N) is 5. The van der Waals surface area contributed by atoms with Gasteiger partial charge in [0.05, 0.1) is 36.6 Å². The predicted octanol–water partition coefficient (Wildman–Crippen LogP) is 6.19. The zero-order chi connectivity index (χ0) is 76.4. The molecule has 3 aromatic carbocycles. The van der Waals surface area contributed by atoms with Crippen LogP contribution in [0.4, 0.5) is 15.3 Å². The van der Waals surface area contributed by atoms with Gasteiger partial charge in [-0.2, -0.15) is 0 Å². The van der Waals surface area contributed by atoms with Crippen molar-refractivity contribution in [3.63, 3.8) is 0 Å². The molecular weight excluding hydrogens is 1320 g/mol. The quantitative estimate of drug-likeness (QED) is 0.0178. The van der Waals surface area contributed by atoms with Gasteiger partial charge in [-0.05, 0) is 111 Å². The number of benzene rings is 3. The molecule has 0 bridgehead atoms. The van der Waals surface area contributed by atoms with E-state index in [2.05, 4.69) is 44.0 Å². The normalized spacial score (nSPS) is 16.7. The van der Waals surface area contributed by atoms with E-state index in [1.165, 1.54) is 36.6 Å². The summed E-state index contributed by atoms with van der Waals surface area (Å²) in [7, 11) is 5.94. The lowest BCUT2D eigenvalue weighted by Gasteiger charge is -2.52. The molecule has 1 unspecified atom stereocenters. The lowest BCUT2D eigenvalue weighted by molar-refractivity contribution is -0.164. The molecular formula is C76H114N12O15. The number of anilines is 1. The molecule has 2 aliphatic heterocycles. The summed E-state index contributed by atoms with van der Waals surface area (Å²) in [6.07, 6.45) is 3.06. The molecule has 103 heavy (non-hydrogen) atoms. The first-order chi connectivity index (χ1) is 48.8. The van der Waals surface area contributed by atoms with Crippen molar-refractivity contribution in [2.24, 2.45) is 35.3 Å². The van der Waals surface area contributed by atoms with E-state index in [0.29, 0.717) is 36.2 Å². The molecule has 2 heterocycles. The Balaban J connectivity index is 1.22. The Morgan fingerprint density at radius 3 is 1.83 bits per heavy atom. The minimum atomic E-state index is -1.59. The van der Waals surface area contributed by atoms with Crippen molar-refractivity contribution in [2.45, 2.75) is 201 Å². The van der Waals surface area contributed by atoms with Gasteiger partial charge in [0.15, 0.2) is 5.54 Å². The Hall–Kier alpha value is -8.79. The van der Waals surface area contributed by atoms with Gasteiger partial charge in [-0.3, -0.25) is 57.9 Å². The number of hydrogen-bond acceptors (Lipinski definition) is 16. The Labute approximate surface area is 607 Å². The number of likely N-dealkylation sites (N-methyl/N-ethyl adjacent to an activating group) is 2. The predicted molar refractivity (Wildman–Crippen MR) is 390 cm³/mol. The summed E-state index contributed by atoms with van der Waals surface area (Å²) in [4.78, 5) is 160. The number of nitrogens with one attached hydrogen (secondary N) is 6. The van der Waals surface area contributed by atoms with Gasteiger partial charge < -0.3 is 66.8 Å². The second-order valence-corrected chi connectivity index (χ2v) is 28.3. The van der Waals surface area contributed by atoms with Crippen LogP contribution in [-0.4, -0.2) is 210 Å². The number of hydrogen-bond donors (Lipinski definition) is 8. The van der Waals surface area contributed by atoms with Crippen LogP contribution < -0.4 is 37.6 Å². The average molecular weight is 1440 g/mol. The summed E-state index contributed by atoms with van der Waals surface area (Å²) in [5.74, 6) is -7.73. The van der Waals surface area contributed by atoms with Crippen molar-refractivity contribution in [2.75, 3.05) is 66.4 Å². The third-order valence-electron chi connectivity index (χ3n) is 19.4. The van der Waals surface area contributed by atoms with Crippen LogP contribution in [0.1, 0.15) is 150 Å². The number of methoxy groups -OCH3 is 2. The van der Waals surface area contributed by atoms with Crippen LogP contribution >= 0.6 is 0 Å². The van der Waals surface area contributed by atoms with Gasteiger partial charge in [-0.25, -0.2) is 9.59 Å². The van der Waals surface area contributed by atoms with Gasteiger partial charge in [0.2, 0.25) is 41.4 Å². The van der Waals surface area contributed by atoms with E-state index in [1.54, 1.807) is 111 Å². The number of ether oxygens (including phenoxy) is 3. The summed E-state index contributed by atoms with van der Waals surface area (Å²) in [6.45, 7) is 20.6. The fourth-order valence-electron chi connectivity index (χ4n) is 13.2. The smallest absolute Gasteiger partial charge is 0.410 e. The first-order valence-corrected chi connectivity index (χ1v) is 36.1. The number of unbranched alkanes of at least 4 members (excludes halogenated alkanes) is 2. The van der Waals surface area contributed by atoms with Crippen LogP contribution in [0.2, 0.25) is 0 Å². The van der Waals surface area contributed by atoms with E-state index in [1.807, 2.05) is 49.9 Å². The fraction of sp³-hybridized carbons (Fsp3) is 0.592. The number of urea groups is 1. The van der Waals surface area contributed by atoms with Crippen molar-refractivity contribution in [1.82, 2.24) is 51.1 Å². The number of aliphatic hydroxyl groups is 1. The van der Waals surface area contributed by atoms with Crippen molar-refractivity contribution in [1.29, 1.82) is 0 Å². The molecule has 27 nitrogen and oxygen atoms in total. The first kappa shape index (κ1) is 84.9. The van der Waals surface area contributed by atoms with E-state index in [-0.39, 0.29) is 63.9 Å². The highest BCUT2D eigenvalue weighted by Gasteiger charge is 2.58. The lowest BCUT2D eigenvalue weighted by atomic mass is 9.85. The molecule has 5 rings (SSSR count). The van der Waals surface area contributed by atoms with Gasteiger partial charge >= 0.3 is 12.1 Å². The van der Waals surface area contributed by atoms with Gasteiger partial charge in [0, 0.05) is 72.3 Å². The molecule has 0 spiro atoms. The number of carbonyl (C=O) groups excluding carboxylic acids is 11. The molecule has 1 fully saturated rings. The molecule has 0 radical (unpaired) electrons. The summed E-state index contributed by atoms with van der Waals surface area (Å²) in [5.41, 5.74) is 6.36. The molecule has 2 aliphatic rings. The van der Waals surface area contributed by atoms with E-state index in [9.17, 15) is 57.8 Å². The minimum absolute atomic E-state index is 0.0202. The van der Waals surface area contributed by atoms with Crippen molar-refractivity contribution in [3.05, 3.63) is 114 Å². The number of aliphatic hydroxyl groups excluding tert-OH is 1. The Morgan fingerprint density at radius 2 is 1.27 bits per heavy atom. The number of nitrogens with two attached hydrogens (primary N) is 1. The van der Waals surface area contributed by atoms with Gasteiger partial charge in [-0.1, -0.05) is 148 Å². The number of carbonyl (C=O) groups is 11. The van der Waals surface area contributed by atoms with Crippen molar-refractivity contribution < 1.29 is 72.1 Å². The summed E-state index contributed by atoms with van der Waals surface area (Å²) < 4.78 is 17.7. The topological polar surface area (TPSA) is 350 Å². The Kier molecular flexibility index (Phi) is 33.7. The van der Waals surface area contributed by atoms with E-state index < -0.39 is 143 Å². The van der Waals surface area contributed by atoms with E-state index >= 15 is 0 Å². The second kappa shape index (κ2) is 40.9. The standard InChI is InChI=1S/C76H114N12O15/c1-16-18-42-87(72(102-15)51(10)67(93)79-52(11)66(92)55-31-23-20-24-32-55)61(91)43-58(101-14)65(50(9)17-2)84(12)71(97)63(48(5)6)82-70(96)64(49(7)8)85(13)75(100)103-44-54-34-36-56(37-35-54)80-68(94)57(33-27-40-78-74(77)99)81-69(95)62(47(3)4)83-73(98)76(88-59(89)38-39-60(88)90)45-86(46-76)41-26-25-30-53-28-21-19-22-29-53/h19-24,28-29,31-32,34-39,47-52,57-58,62-66,72,92H,16-18,25-27,30,33,40-46H2,1-15H3,(H,79,93)(H,80,94)(H,81,95)(H,82,96)(H,83,98)(H3,77,78,99)/t50-,51-,52+,57-,58+,62?,63-,64-,65-,66+,72+/m0/s1. The van der Waals surface area contributed by atoms with Crippen molar-refractivity contribution in [3.8, 4) is 0 Å². The van der Waals surface area contributed by atoms with Gasteiger partial charge in [-0.15, -0.1) is 0 Å². The monoisotopic (exact) mass is 1430 g/mol. The molecule has 0 saturated carbocycles. The number of likely N-dealkylation sites (tertiary alicyclic amines) is 1. The molecule has 0 aliphatic carbocycles. The maximum Gasteiger partial charge on any atom is 0.410 e. The van der Waals surface area contributed by atoms with E-state index in [0.717, 1.165) is 47.6 Å². The average Bonchev–Trinajstić information content (AvgIpc) is 1.71. The highest BCUT2D eigenvalue weighted by molar-refractivity contribution is 6.16. The Bertz CT molecular complexity index is 3310. The molecule has 3 aromatic rings. The summed E-state index contributed by atoms with van der Waals surface area (Å²) in [6, 6.07) is 18.6. The number of amides is 12. The zero-order valence-electron chi connectivity index (χ0n) is 62.9. The third kappa shape index (κ3) is 23.6. The van der Waals surface area contributed by atoms with Crippen LogP contribution in [0, 0.1) is 29.6 Å². The number of primary amides is 1. The molecule has 568 valence electrons. The number of rotatable bonds is 42.